The van der Waals surface area contributed by atoms with Crippen LogP contribution in [0.15, 0.2) is 18.2 Å². The fourth-order valence-electron chi connectivity index (χ4n) is 1.98. The topological polar surface area (TPSA) is 30.5 Å². The average molecular weight is 301 g/mol. The SMILES string of the molecule is COc1ccc(CNC(=S)CC2CC2(F)F)c(OC)c1. The molecule has 3 nitrogen and oxygen atoms in total. The minimum atomic E-state index is -2.52. The molecule has 0 spiro atoms. The molecule has 2 rings (SSSR count). The average Bonchev–Trinajstić information content (AvgIpc) is 3.02. The van der Waals surface area contributed by atoms with E-state index in [1.165, 1.54) is 0 Å². The Kier molecular flexibility index (Phi) is 4.42. The number of thiocarbonyl (C=S) groups is 1. The number of ether oxygens (including phenoxy) is 2. The third kappa shape index (κ3) is 3.56. The second-order valence-corrected chi connectivity index (χ2v) is 5.31. The highest BCUT2D eigenvalue weighted by Crippen LogP contribution is 2.50. The number of benzene rings is 1. The molecule has 6 heteroatoms. The highest BCUT2D eigenvalue weighted by molar-refractivity contribution is 7.80. The van der Waals surface area contributed by atoms with Gasteiger partial charge < -0.3 is 14.8 Å². The predicted molar refractivity (Wildman–Crippen MR) is 76.7 cm³/mol. The van der Waals surface area contributed by atoms with Gasteiger partial charge in [-0.3, -0.25) is 0 Å². The fraction of sp³-hybridized carbons (Fsp3) is 0.500. The molecule has 0 radical (unpaired) electrons. The van der Waals surface area contributed by atoms with Gasteiger partial charge in [0.2, 0.25) is 0 Å². The van der Waals surface area contributed by atoms with E-state index in [1.807, 2.05) is 12.1 Å². The first kappa shape index (κ1) is 15.0. The van der Waals surface area contributed by atoms with Crippen molar-refractivity contribution in [2.24, 2.45) is 5.92 Å². The molecule has 0 amide bonds. The lowest BCUT2D eigenvalue weighted by atomic mass is 10.2. The third-order valence-corrected chi connectivity index (χ3v) is 3.67. The highest BCUT2D eigenvalue weighted by Gasteiger charge is 2.56. The van der Waals surface area contributed by atoms with Crippen molar-refractivity contribution in [3.8, 4) is 11.5 Å². The molecule has 1 N–H and O–H groups in total. The molecule has 0 aromatic heterocycles. The van der Waals surface area contributed by atoms with Crippen LogP contribution < -0.4 is 14.8 Å². The van der Waals surface area contributed by atoms with Crippen LogP contribution >= 0.6 is 12.2 Å². The first-order chi connectivity index (χ1) is 9.46. The Morgan fingerprint density at radius 3 is 2.65 bits per heavy atom. The molecule has 1 aliphatic rings. The second kappa shape index (κ2) is 5.91. The van der Waals surface area contributed by atoms with Crippen LogP contribution in [-0.4, -0.2) is 25.1 Å². The van der Waals surface area contributed by atoms with Crippen molar-refractivity contribution in [3.63, 3.8) is 0 Å². The van der Waals surface area contributed by atoms with E-state index in [2.05, 4.69) is 5.32 Å². The lowest BCUT2D eigenvalue weighted by Gasteiger charge is -2.12. The lowest BCUT2D eigenvalue weighted by molar-refractivity contribution is 0.100. The van der Waals surface area contributed by atoms with E-state index >= 15 is 0 Å². The van der Waals surface area contributed by atoms with Crippen LogP contribution in [0, 0.1) is 5.92 Å². The Labute approximate surface area is 122 Å². The summed E-state index contributed by atoms with van der Waals surface area (Å²) in [4.78, 5) is 0.463. The Morgan fingerprint density at radius 1 is 1.40 bits per heavy atom. The summed E-state index contributed by atoms with van der Waals surface area (Å²) in [5.74, 6) is -1.74. The third-order valence-electron chi connectivity index (χ3n) is 3.36. The van der Waals surface area contributed by atoms with Crippen molar-refractivity contribution < 1.29 is 18.3 Å². The summed E-state index contributed by atoms with van der Waals surface area (Å²) in [6.45, 7) is 0.449. The lowest BCUT2D eigenvalue weighted by Crippen LogP contribution is -2.22. The normalized spacial score (nSPS) is 19.3. The van der Waals surface area contributed by atoms with Crippen molar-refractivity contribution in [2.75, 3.05) is 14.2 Å². The predicted octanol–water partition coefficient (Wildman–Crippen LogP) is 3.17. The summed E-state index contributed by atoms with van der Waals surface area (Å²) in [5, 5.41) is 3.00. The second-order valence-electron chi connectivity index (χ2n) is 4.82. The first-order valence-electron chi connectivity index (χ1n) is 6.31. The molecule has 1 aliphatic carbocycles. The van der Waals surface area contributed by atoms with Gasteiger partial charge in [-0.15, -0.1) is 0 Å². The van der Waals surface area contributed by atoms with Crippen LogP contribution in [0.4, 0.5) is 8.78 Å². The van der Waals surface area contributed by atoms with E-state index in [4.69, 9.17) is 21.7 Å². The Morgan fingerprint density at radius 2 is 2.10 bits per heavy atom. The molecule has 0 aliphatic heterocycles. The van der Waals surface area contributed by atoms with Gasteiger partial charge in [0.25, 0.3) is 5.92 Å². The van der Waals surface area contributed by atoms with E-state index in [1.54, 1.807) is 20.3 Å². The molecule has 110 valence electrons. The van der Waals surface area contributed by atoms with Crippen molar-refractivity contribution >= 4 is 17.2 Å². The molecule has 1 fully saturated rings. The maximum Gasteiger partial charge on any atom is 0.252 e. The first-order valence-corrected chi connectivity index (χ1v) is 6.72. The summed E-state index contributed by atoms with van der Waals surface area (Å²) in [5.41, 5.74) is 0.901. The van der Waals surface area contributed by atoms with Crippen LogP contribution in [0.25, 0.3) is 0 Å². The molecule has 0 bridgehead atoms. The van der Waals surface area contributed by atoms with Crippen LogP contribution in [0.5, 0.6) is 11.5 Å². The quantitative estimate of drug-likeness (QED) is 0.818. The summed E-state index contributed by atoms with van der Waals surface area (Å²) < 4.78 is 36.0. The van der Waals surface area contributed by atoms with Crippen LogP contribution in [0.2, 0.25) is 0 Å². The summed E-state index contributed by atoms with van der Waals surface area (Å²) >= 11 is 5.09. The van der Waals surface area contributed by atoms with Gasteiger partial charge in [-0.25, -0.2) is 8.78 Å². The summed E-state index contributed by atoms with van der Waals surface area (Å²) in [6.07, 6.45) is 0.182. The number of alkyl halides is 2. The minimum absolute atomic E-state index is 0.0549. The summed E-state index contributed by atoms with van der Waals surface area (Å²) in [6, 6.07) is 5.45. The molecule has 1 aromatic rings. The molecule has 1 unspecified atom stereocenters. The minimum Gasteiger partial charge on any atom is -0.497 e. The maximum absolute atomic E-state index is 12.8. The van der Waals surface area contributed by atoms with Gasteiger partial charge in [-0.05, 0) is 12.1 Å². The number of methoxy groups -OCH3 is 2. The van der Waals surface area contributed by atoms with Crippen LogP contribution in [-0.2, 0) is 6.54 Å². The van der Waals surface area contributed by atoms with Crippen molar-refractivity contribution in [1.29, 1.82) is 0 Å². The molecule has 1 aromatic carbocycles. The van der Waals surface area contributed by atoms with Crippen LogP contribution in [0.1, 0.15) is 18.4 Å². The zero-order valence-electron chi connectivity index (χ0n) is 11.4. The van der Waals surface area contributed by atoms with Crippen molar-refractivity contribution in [3.05, 3.63) is 23.8 Å². The van der Waals surface area contributed by atoms with Gasteiger partial charge in [0, 0.05) is 36.9 Å². The van der Waals surface area contributed by atoms with Gasteiger partial charge in [0.1, 0.15) is 11.5 Å². The summed E-state index contributed by atoms with van der Waals surface area (Å²) in [7, 11) is 3.15. The number of hydrogen-bond acceptors (Lipinski definition) is 3. The van der Waals surface area contributed by atoms with Crippen molar-refractivity contribution in [2.45, 2.75) is 25.3 Å². The Balaban J connectivity index is 1.88. The van der Waals surface area contributed by atoms with Gasteiger partial charge in [-0.1, -0.05) is 12.2 Å². The Hall–Kier alpha value is -1.43. The number of rotatable bonds is 6. The molecule has 1 atom stereocenters. The van der Waals surface area contributed by atoms with Gasteiger partial charge >= 0.3 is 0 Å². The standard InChI is InChI=1S/C14H17F2NO2S/c1-18-11-4-3-9(12(6-11)19-2)8-17-13(20)5-10-7-14(10,15)16/h3-4,6,10H,5,7-8H2,1-2H3,(H,17,20). The van der Waals surface area contributed by atoms with E-state index in [9.17, 15) is 8.78 Å². The smallest absolute Gasteiger partial charge is 0.252 e. The number of hydrogen-bond donors (Lipinski definition) is 1. The molecular formula is C14H17F2NO2S. The van der Waals surface area contributed by atoms with E-state index in [0.29, 0.717) is 23.0 Å². The number of nitrogens with one attached hydrogen (secondary N) is 1. The van der Waals surface area contributed by atoms with E-state index in [0.717, 1.165) is 5.56 Å². The maximum atomic E-state index is 12.8. The monoisotopic (exact) mass is 301 g/mol. The fourth-order valence-corrected chi connectivity index (χ4v) is 2.25. The van der Waals surface area contributed by atoms with Gasteiger partial charge in [0.05, 0.1) is 19.2 Å². The molecule has 0 saturated heterocycles. The molecular weight excluding hydrogens is 284 g/mol. The van der Waals surface area contributed by atoms with E-state index in [-0.39, 0.29) is 12.8 Å². The van der Waals surface area contributed by atoms with E-state index < -0.39 is 11.8 Å². The van der Waals surface area contributed by atoms with Crippen LogP contribution in [0.3, 0.4) is 0 Å². The Bertz CT molecular complexity index is 508. The van der Waals surface area contributed by atoms with Gasteiger partial charge in [-0.2, -0.15) is 0 Å². The molecule has 1 saturated carbocycles. The molecule has 20 heavy (non-hydrogen) atoms. The number of halogens is 2. The zero-order valence-corrected chi connectivity index (χ0v) is 12.2. The van der Waals surface area contributed by atoms with Gasteiger partial charge in [0.15, 0.2) is 0 Å². The highest BCUT2D eigenvalue weighted by atomic mass is 32.1. The zero-order chi connectivity index (χ0) is 14.8. The van der Waals surface area contributed by atoms with Crippen molar-refractivity contribution in [1.82, 2.24) is 5.32 Å². The largest absolute Gasteiger partial charge is 0.497 e. The molecule has 0 heterocycles.